The van der Waals surface area contributed by atoms with Gasteiger partial charge >= 0.3 is 6.18 Å². The topological polar surface area (TPSA) is 109 Å². The molecule has 0 bridgehead atoms. The van der Waals surface area contributed by atoms with E-state index in [2.05, 4.69) is 10.1 Å². The summed E-state index contributed by atoms with van der Waals surface area (Å²) in [4.78, 5) is 26.2. The van der Waals surface area contributed by atoms with Crippen molar-refractivity contribution in [1.82, 2.24) is 9.99 Å². The molecule has 2 heterocycles. The first-order chi connectivity index (χ1) is 12.6. The van der Waals surface area contributed by atoms with Crippen molar-refractivity contribution in [3.8, 4) is 0 Å². The van der Waals surface area contributed by atoms with Crippen molar-refractivity contribution in [2.75, 3.05) is 0 Å². The highest BCUT2D eigenvalue weighted by Gasteiger charge is 2.63. The number of aromatic nitrogens is 1. The van der Waals surface area contributed by atoms with Gasteiger partial charge in [0.15, 0.2) is 0 Å². The van der Waals surface area contributed by atoms with Gasteiger partial charge in [0.2, 0.25) is 0 Å². The third-order valence-electron chi connectivity index (χ3n) is 3.95. The highest BCUT2D eigenvalue weighted by molar-refractivity contribution is 6.05. The lowest BCUT2D eigenvalue weighted by atomic mass is 10.0. The first-order valence-corrected chi connectivity index (χ1v) is 7.49. The van der Waals surface area contributed by atoms with Crippen molar-refractivity contribution >= 4 is 17.3 Å². The third kappa shape index (κ3) is 3.24. The Kier molecular flexibility index (Phi) is 4.39. The quantitative estimate of drug-likeness (QED) is 0.650. The predicted octanol–water partition coefficient (Wildman–Crippen LogP) is 2.49. The van der Waals surface area contributed by atoms with E-state index in [0.717, 1.165) is 18.3 Å². The van der Waals surface area contributed by atoms with Gasteiger partial charge in [-0.05, 0) is 29.8 Å². The minimum Gasteiger partial charge on any atom is -0.362 e. The second-order valence-corrected chi connectivity index (χ2v) is 5.70. The molecule has 1 N–H and O–H groups in total. The second-order valence-electron chi connectivity index (χ2n) is 5.70. The molecule has 1 aliphatic rings. The number of nitrogens with zero attached hydrogens (tertiary/aromatic N) is 4. The van der Waals surface area contributed by atoms with Gasteiger partial charge in [0.1, 0.15) is 0 Å². The summed E-state index contributed by atoms with van der Waals surface area (Å²) < 4.78 is 40.5. The van der Waals surface area contributed by atoms with E-state index in [1.54, 1.807) is 0 Å². The van der Waals surface area contributed by atoms with E-state index in [9.17, 15) is 33.2 Å². The maximum absolute atomic E-state index is 13.5. The number of hydrazone groups is 1. The standard InChI is InChI=1S/C16H11F3N4O4/c17-16(18,19)15(25)8-13(10-3-5-12(6-4-10)23(26)27)21-22(15)14(24)11-2-1-7-20-9-11/h1-7,9,25H,8H2. The number of alkyl halides is 3. The van der Waals surface area contributed by atoms with Crippen LogP contribution in [0.5, 0.6) is 0 Å². The first-order valence-electron chi connectivity index (χ1n) is 7.49. The molecule has 1 aromatic heterocycles. The number of nitro groups is 1. The van der Waals surface area contributed by atoms with Gasteiger partial charge in [-0.2, -0.15) is 23.3 Å². The number of rotatable bonds is 3. The fraction of sp³-hybridized carbons (Fsp3) is 0.188. The molecule has 1 atom stereocenters. The molecule has 0 fully saturated rings. The Hall–Kier alpha value is -3.34. The number of carbonyl (C=O) groups is 1. The molecule has 8 nitrogen and oxygen atoms in total. The lowest BCUT2D eigenvalue weighted by molar-refractivity contribution is -0.384. The van der Waals surface area contributed by atoms with Crippen molar-refractivity contribution in [2.45, 2.75) is 18.3 Å². The van der Waals surface area contributed by atoms with Crippen LogP contribution in [0, 0.1) is 10.1 Å². The number of benzene rings is 1. The van der Waals surface area contributed by atoms with E-state index in [1.807, 2.05) is 0 Å². The van der Waals surface area contributed by atoms with E-state index in [1.165, 1.54) is 30.5 Å². The molecule has 0 aliphatic carbocycles. The Bertz CT molecular complexity index is 916. The van der Waals surface area contributed by atoms with Gasteiger partial charge in [0, 0.05) is 24.5 Å². The Morgan fingerprint density at radius 2 is 1.93 bits per heavy atom. The molecule has 1 amide bonds. The predicted molar refractivity (Wildman–Crippen MR) is 85.7 cm³/mol. The number of amides is 1. The lowest BCUT2D eigenvalue weighted by Crippen LogP contribution is -2.56. The minimum absolute atomic E-state index is 0.0270. The van der Waals surface area contributed by atoms with Crippen LogP contribution in [0.4, 0.5) is 18.9 Å². The fourth-order valence-corrected chi connectivity index (χ4v) is 2.53. The number of hydrogen-bond donors (Lipinski definition) is 1. The molecular weight excluding hydrogens is 369 g/mol. The molecule has 27 heavy (non-hydrogen) atoms. The molecule has 2 aromatic rings. The van der Waals surface area contributed by atoms with Crippen molar-refractivity contribution < 1.29 is 28.0 Å². The molecular formula is C16H11F3N4O4. The van der Waals surface area contributed by atoms with Crippen molar-refractivity contribution in [3.63, 3.8) is 0 Å². The van der Waals surface area contributed by atoms with Crippen LogP contribution < -0.4 is 0 Å². The number of halogens is 3. The van der Waals surface area contributed by atoms with Crippen molar-refractivity contribution in [2.24, 2.45) is 5.10 Å². The van der Waals surface area contributed by atoms with Crippen LogP contribution in [0.15, 0.2) is 53.9 Å². The van der Waals surface area contributed by atoms with Crippen LogP contribution >= 0.6 is 0 Å². The van der Waals surface area contributed by atoms with Gasteiger partial charge in [0.25, 0.3) is 17.3 Å². The van der Waals surface area contributed by atoms with E-state index in [0.29, 0.717) is 0 Å². The molecule has 1 aromatic carbocycles. The van der Waals surface area contributed by atoms with E-state index >= 15 is 0 Å². The van der Waals surface area contributed by atoms with Gasteiger partial charge in [-0.15, -0.1) is 0 Å². The van der Waals surface area contributed by atoms with Gasteiger partial charge < -0.3 is 5.11 Å². The Morgan fingerprint density at radius 1 is 1.26 bits per heavy atom. The smallest absolute Gasteiger partial charge is 0.362 e. The van der Waals surface area contributed by atoms with Crippen LogP contribution in [-0.2, 0) is 0 Å². The maximum Gasteiger partial charge on any atom is 0.438 e. The molecule has 1 aliphatic heterocycles. The minimum atomic E-state index is -5.18. The molecule has 11 heteroatoms. The summed E-state index contributed by atoms with van der Waals surface area (Å²) in [5.74, 6) is -1.18. The van der Waals surface area contributed by atoms with Crippen molar-refractivity contribution in [3.05, 3.63) is 70.0 Å². The summed E-state index contributed by atoms with van der Waals surface area (Å²) in [7, 11) is 0. The highest BCUT2D eigenvalue weighted by atomic mass is 19.4. The van der Waals surface area contributed by atoms with Crippen molar-refractivity contribution in [1.29, 1.82) is 0 Å². The zero-order valence-electron chi connectivity index (χ0n) is 13.4. The Balaban J connectivity index is 2.02. The number of non-ortho nitro benzene ring substituents is 1. The first kappa shape index (κ1) is 18.5. The summed E-state index contributed by atoms with van der Waals surface area (Å²) in [5, 5.41) is 24.6. The molecule has 140 valence electrons. The highest BCUT2D eigenvalue weighted by Crippen LogP contribution is 2.42. The van der Waals surface area contributed by atoms with Gasteiger partial charge in [-0.3, -0.25) is 19.9 Å². The van der Waals surface area contributed by atoms with Crippen LogP contribution in [0.3, 0.4) is 0 Å². The third-order valence-corrected chi connectivity index (χ3v) is 3.95. The SMILES string of the molecule is O=C(c1cccnc1)N1N=C(c2ccc([N+](=O)[O-])cc2)CC1(O)C(F)(F)F. The maximum atomic E-state index is 13.5. The van der Waals surface area contributed by atoms with E-state index in [-0.39, 0.29) is 27.5 Å². The van der Waals surface area contributed by atoms with E-state index in [4.69, 9.17) is 0 Å². The molecule has 0 radical (unpaired) electrons. The summed E-state index contributed by atoms with van der Waals surface area (Å²) >= 11 is 0. The number of carbonyl (C=O) groups excluding carboxylic acids is 1. The number of hydrogen-bond acceptors (Lipinski definition) is 6. The van der Waals surface area contributed by atoms with Crippen LogP contribution in [-0.4, -0.2) is 43.5 Å². The van der Waals surface area contributed by atoms with Gasteiger partial charge in [0.05, 0.1) is 22.6 Å². The average molecular weight is 380 g/mol. The zero-order valence-corrected chi connectivity index (χ0v) is 13.4. The van der Waals surface area contributed by atoms with Gasteiger partial charge in [-0.25, -0.2) is 0 Å². The molecule has 3 rings (SSSR count). The summed E-state index contributed by atoms with van der Waals surface area (Å²) in [5.41, 5.74) is -4.11. The summed E-state index contributed by atoms with van der Waals surface area (Å²) in [6.45, 7) is 0. The van der Waals surface area contributed by atoms with Crippen LogP contribution in [0.25, 0.3) is 0 Å². The largest absolute Gasteiger partial charge is 0.438 e. The number of aliphatic hydroxyl groups is 1. The monoisotopic (exact) mass is 380 g/mol. The fourth-order valence-electron chi connectivity index (χ4n) is 2.53. The lowest BCUT2D eigenvalue weighted by Gasteiger charge is -2.32. The molecule has 0 saturated carbocycles. The Labute approximate surface area is 149 Å². The van der Waals surface area contributed by atoms with Crippen LogP contribution in [0.1, 0.15) is 22.3 Å². The van der Waals surface area contributed by atoms with Gasteiger partial charge in [-0.1, -0.05) is 0 Å². The average Bonchev–Trinajstić information content (AvgIpc) is 3.01. The zero-order chi connectivity index (χ0) is 19.8. The van der Waals surface area contributed by atoms with Crippen LogP contribution in [0.2, 0.25) is 0 Å². The summed E-state index contributed by atoms with van der Waals surface area (Å²) in [6, 6.07) is 7.19. The number of pyridine rings is 1. The Morgan fingerprint density at radius 3 is 2.44 bits per heavy atom. The normalized spacial score (nSPS) is 19.7. The summed E-state index contributed by atoms with van der Waals surface area (Å²) in [6.07, 6.45) is -3.81. The molecule has 1 unspecified atom stereocenters. The second kappa shape index (κ2) is 6.43. The molecule has 0 spiro atoms. The molecule has 0 saturated heterocycles. The number of nitro benzene ring substituents is 1. The van der Waals surface area contributed by atoms with E-state index < -0.39 is 29.2 Å².